The minimum absolute atomic E-state index is 0.0531. The normalized spacial score (nSPS) is 12.2. The first-order valence-electron chi connectivity index (χ1n) is 12.5. The van der Waals surface area contributed by atoms with E-state index in [1.54, 1.807) is 36.4 Å². The van der Waals surface area contributed by atoms with E-state index in [0.717, 1.165) is 14.7 Å². The van der Waals surface area contributed by atoms with Crippen LogP contribution in [0, 0.1) is 3.57 Å². The Balaban J connectivity index is 1.48. The molecule has 0 fully saturated rings. The maximum atomic E-state index is 13.2. The van der Waals surface area contributed by atoms with E-state index in [1.807, 2.05) is 42.5 Å². The van der Waals surface area contributed by atoms with Crippen molar-refractivity contribution in [3.8, 4) is 11.5 Å². The van der Waals surface area contributed by atoms with Crippen LogP contribution >= 0.6 is 45.8 Å². The third kappa shape index (κ3) is 8.92. The topological polar surface area (TPSA) is 106 Å². The van der Waals surface area contributed by atoms with E-state index < -0.39 is 22.0 Å². The first kappa shape index (κ1) is 31.8. The highest BCUT2D eigenvalue weighted by Gasteiger charge is 2.26. The zero-order valence-electron chi connectivity index (χ0n) is 22.3. The van der Waals surface area contributed by atoms with Gasteiger partial charge in [-0.3, -0.25) is 4.79 Å². The molecule has 4 aromatic rings. The van der Waals surface area contributed by atoms with Gasteiger partial charge in [-0.25, -0.2) is 13.8 Å². The molecule has 4 aromatic carbocycles. The number of hydrogen-bond donors (Lipinski definition) is 2. The van der Waals surface area contributed by atoms with Crippen molar-refractivity contribution < 1.29 is 22.7 Å². The summed E-state index contributed by atoms with van der Waals surface area (Å²) < 4.78 is 40.9. The lowest BCUT2D eigenvalue weighted by molar-refractivity contribution is -0.122. The van der Waals surface area contributed by atoms with E-state index >= 15 is 0 Å². The smallest absolute Gasteiger partial charge is 0.258 e. The first-order valence-corrected chi connectivity index (χ1v) is 15.9. The summed E-state index contributed by atoms with van der Waals surface area (Å²) in [4.78, 5) is 13.2. The molecule has 0 aliphatic heterocycles. The average Bonchev–Trinajstić information content (AvgIpc) is 2.97. The van der Waals surface area contributed by atoms with Crippen LogP contribution in [-0.2, 0) is 27.8 Å². The number of nitrogens with zero attached hydrogens (tertiary/aromatic N) is 1. The predicted octanol–water partition coefficient (Wildman–Crippen LogP) is 6.23. The van der Waals surface area contributed by atoms with Crippen LogP contribution in [0.15, 0.2) is 101 Å². The fourth-order valence-electron chi connectivity index (χ4n) is 3.85. The van der Waals surface area contributed by atoms with Gasteiger partial charge in [0, 0.05) is 8.59 Å². The zero-order chi connectivity index (χ0) is 30.1. The molecule has 0 unspecified atom stereocenters. The molecule has 8 nitrogen and oxygen atoms in total. The molecule has 12 heteroatoms. The third-order valence-corrected chi connectivity index (χ3v) is 8.70. The Morgan fingerprint density at radius 2 is 1.67 bits per heavy atom. The van der Waals surface area contributed by atoms with Crippen molar-refractivity contribution in [3.05, 3.63) is 121 Å². The van der Waals surface area contributed by atoms with Gasteiger partial charge in [0.25, 0.3) is 5.91 Å². The molecule has 0 bridgehead atoms. The highest BCUT2D eigenvalue weighted by molar-refractivity contribution is 14.1. The van der Waals surface area contributed by atoms with Gasteiger partial charge >= 0.3 is 0 Å². The second-order valence-corrected chi connectivity index (χ2v) is 12.8. The molecule has 0 aromatic heterocycles. The zero-order valence-corrected chi connectivity index (χ0v) is 26.7. The molecule has 1 atom stereocenters. The lowest BCUT2D eigenvalue weighted by atomic mass is 10.1. The summed E-state index contributed by atoms with van der Waals surface area (Å²) in [5, 5.41) is 4.94. The summed E-state index contributed by atoms with van der Waals surface area (Å²) in [6.07, 6.45) is 1.49. The maximum Gasteiger partial charge on any atom is 0.258 e. The minimum Gasteiger partial charge on any atom is -0.493 e. The van der Waals surface area contributed by atoms with Gasteiger partial charge in [0.1, 0.15) is 12.6 Å². The summed E-state index contributed by atoms with van der Waals surface area (Å²) in [6, 6.07) is 24.8. The molecular formula is C30H26Cl2IN3O5S. The lowest BCUT2D eigenvalue weighted by Crippen LogP contribution is -2.46. The van der Waals surface area contributed by atoms with Crippen LogP contribution in [-0.4, -0.2) is 33.7 Å². The van der Waals surface area contributed by atoms with Gasteiger partial charge in [-0.05, 0) is 94.2 Å². The molecule has 0 spiro atoms. The molecule has 42 heavy (non-hydrogen) atoms. The van der Waals surface area contributed by atoms with Crippen molar-refractivity contribution in [3.63, 3.8) is 0 Å². The van der Waals surface area contributed by atoms with Crippen LogP contribution in [0.25, 0.3) is 0 Å². The Bertz CT molecular complexity index is 1650. The molecule has 0 saturated heterocycles. The van der Waals surface area contributed by atoms with Gasteiger partial charge in [-0.2, -0.15) is 9.82 Å². The van der Waals surface area contributed by atoms with Crippen LogP contribution < -0.4 is 19.6 Å². The fourth-order valence-corrected chi connectivity index (χ4v) is 5.80. The number of methoxy groups -OCH3 is 1. The largest absolute Gasteiger partial charge is 0.493 e. The number of sulfonamides is 1. The van der Waals surface area contributed by atoms with Crippen molar-refractivity contribution in [2.45, 2.75) is 24.0 Å². The Morgan fingerprint density at radius 1 is 0.976 bits per heavy atom. The summed E-state index contributed by atoms with van der Waals surface area (Å²) in [5.41, 5.74) is 4.63. The van der Waals surface area contributed by atoms with Gasteiger partial charge in [0.15, 0.2) is 11.5 Å². The van der Waals surface area contributed by atoms with E-state index in [4.69, 9.17) is 32.7 Å². The number of benzene rings is 4. The quantitative estimate of drug-likeness (QED) is 0.102. The van der Waals surface area contributed by atoms with Gasteiger partial charge in [-0.1, -0.05) is 65.7 Å². The molecule has 0 aliphatic rings. The molecule has 0 saturated carbocycles. The Labute approximate surface area is 268 Å². The minimum atomic E-state index is -3.99. The molecule has 1 amide bonds. The highest BCUT2D eigenvalue weighted by atomic mass is 127. The second kappa shape index (κ2) is 14.8. The van der Waals surface area contributed by atoms with E-state index in [0.29, 0.717) is 22.1 Å². The van der Waals surface area contributed by atoms with E-state index in [9.17, 15) is 13.2 Å². The lowest BCUT2D eigenvalue weighted by Gasteiger charge is -2.17. The number of halogens is 3. The van der Waals surface area contributed by atoms with E-state index in [1.165, 1.54) is 25.5 Å². The van der Waals surface area contributed by atoms with Crippen molar-refractivity contribution in [2.24, 2.45) is 5.10 Å². The number of carbonyl (C=O) groups excluding carboxylic acids is 1. The number of ether oxygens (including phenoxy) is 2. The maximum absolute atomic E-state index is 13.2. The highest BCUT2D eigenvalue weighted by Crippen LogP contribution is 2.36. The van der Waals surface area contributed by atoms with Crippen molar-refractivity contribution in [2.75, 3.05) is 7.11 Å². The van der Waals surface area contributed by atoms with Gasteiger partial charge in [0.2, 0.25) is 10.0 Å². The van der Waals surface area contributed by atoms with Crippen LogP contribution in [0.2, 0.25) is 10.0 Å². The van der Waals surface area contributed by atoms with Crippen LogP contribution in [0.1, 0.15) is 16.7 Å². The van der Waals surface area contributed by atoms with Crippen LogP contribution in [0.5, 0.6) is 11.5 Å². The SMILES string of the molecule is COc1cc(/C=N\NC(=O)[C@H](Cc2ccccc2)NS(=O)(=O)c2ccc(I)cc2)cc(Cl)c1OCc1ccc(Cl)cc1. The summed E-state index contributed by atoms with van der Waals surface area (Å²) in [6.45, 7) is 0.248. The predicted molar refractivity (Wildman–Crippen MR) is 173 cm³/mol. The number of rotatable bonds is 12. The van der Waals surface area contributed by atoms with Crippen LogP contribution in [0.4, 0.5) is 0 Å². The van der Waals surface area contributed by atoms with Crippen LogP contribution in [0.3, 0.4) is 0 Å². The molecule has 4 rings (SSSR count). The monoisotopic (exact) mass is 737 g/mol. The summed E-state index contributed by atoms with van der Waals surface area (Å²) >= 11 is 14.5. The molecule has 0 radical (unpaired) electrons. The molecule has 218 valence electrons. The summed E-state index contributed by atoms with van der Waals surface area (Å²) in [7, 11) is -2.50. The number of carbonyl (C=O) groups is 1. The van der Waals surface area contributed by atoms with E-state index in [2.05, 4.69) is 37.8 Å². The van der Waals surface area contributed by atoms with E-state index in [-0.39, 0.29) is 22.9 Å². The number of nitrogens with one attached hydrogen (secondary N) is 2. The Hall–Kier alpha value is -3.16. The summed E-state index contributed by atoms with van der Waals surface area (Å²) in [5.74, 6) is 0.0879. The molecular weight excluding hydrogens is 712 g/mol. The number of hydrogen-bond acceptors (Lipinski definition) is 6. The number of amides is 1. The average molecular weight is 738 g/mol. The third-order valence-electron chi connectivity index (χ3n) is 5.96. The molecule has 2 N–H and O–H groups in total. The van der Waals surface area contributed by atoms with Gasteiger partial charge < -0.3 is 9.47 Å². The Kier molecular flexibility index (Phi) is 11.2. The molecule has 0 aliphatic carbocycles. The van der Waals surface area contributed by atoms with Crippen molar-refractivity contribution in [1.29, 1.82) is 0 Å². The second-order valence-electron chi connectivity index (χ2n) is 9.00. The van der Waals surface area contributed by atoms with Crippen molar-refractivity contribution in [1.82, 2.24) is 10.1 Å². The fraction of sp³-hybridized carbons (Fsp3) is 0.133. The molecule has 0 heterocycles. The standard InChI is InChI=1S/C30H26Cl2IN3O5S/c1-40-28-17-22(15-26(32)29(28)41-19-21-7-9-23(31)10-8-21)18-34-35-30(37)27(16-20-5-3-2-4-6-20)36-42(38,39)25-13-11-24(33)12-14-25/h2-15,17-18,27,36H,16,19H2,1H3,(H,35,37)/b34-18-/t27-/m0/s1. The Morgan fingerprint density at radius 3 is 2.33 bits per heavy atom. The van der Waals surface area contributed by atoms with Crippen molar-refractivity contribution >= 4 is 67.9 Å². The first-order chi connectivity index (χ1) is 20.1. The van der Waals surface area contributed by atoms with Gasteiger partial charge in [0.05, 0.1) is 23.2 Å². The van der Waals surface area contributed by atoms with Gasteiger partial charge in [-0.15, -0.1) is 0 Å². The number of hydrazone groups is 1.